The van der Waals surface area contributed by atoms with Crippen molar-refractivity contribution in [1.82, 2.24) is 0 Å². The Morgan fingerprint density at radius 1 is 1.21 bits per heavy atom. The average Bonchev–Trinajstić information content (AvgIpc) is 2.85. The van der Waals surface area contributed by atoms with E-state index in [1.807, 2.05) is 11.5 Å². The first-order valence-electron chi connectivity index (χ1n) is 7.38. The van der Waals surface area contributed by atoms with E-state index < -0.39 is 3.66 Å². The van der Waals surface area contributed by atoms with Gasteiger partial charge in [0.2, 0.25) is 0 Å². The number of thioether (sulfide) groups is 1. The lowest BCUT2D eigenvalue weighted by Gasteiger charge is -2.18. The van der Waals surface area contributed by atoms with Crippen LogP contribution >= 0.6 is 27.7 Å². The smallest absolute Gasteiger partial charge is 0.333 e. The first-order valence-corrected chi connectivity index (χ1v) is 9.05. The molecule has 1 heterocycles. The van der Waals surface area contributed by atoms with E-state index in [9.17, 15) is 4.79 Å². The zero-order valence-electron chi connectivity index (χ0n) is 11.8. The van der Waals surface area contributed by atoms with E-state index in [0.717, 1.165) is 6.42 Å². The first kappa shape index (κ1) is 17.1. The van der Waals surface area contributed by atoms with Crippen molar-refractivity contribution in [2.45, 2.75) is 68.4 Å². The van der Waals surface area contributed by atoms with Gasteiger partial charge in [0.05, 0.1) is 6.61 Å². The zero-order chi connectivity index (χ0) is 14.0. The SMILES string of the molecule is CCCCCCCCCCOC(=O)C1(Br)CC=CS1. The Hall–Kier alpha value is 0.0400. The molecule has 19 heavy (non-hydrogen) atoms. The summed E-state index contributed by atoms with van der Waals surface area (Å²) < 4.78 is 4.78. The maximum atomic E-state index is 11.8. The molecule has 0 radical (unpaired) electrons. The summed E-state index contributed by atoms with van der Waals surface area (Å²) in [7, 11) is 0. The van der Waals surface area contributed by atoms with Crippen molar-refractivity contribution in [2.24, 2.45) is 0 Å². The number of carbonyl (C=O) groups is 1. The van der Waals surface area contributed by atoms with Crippen molar-refractivity contribution in [3.8, 4) is 0 Å². The molecule has 0 spiro atoms. The Balaban J connectivity index is 1.92. The average molecular weight is 349 g/mol. The van der Waals surface area contributed by atoms with Gasteiger partial charge in [-0.25, -0.2) is 4.79 Å². The second-order valence-electron chi connectivity index (χ2n) is 5.03. The van der Waals surface area contributed by atoms with E-state index >= 15 is 0 Å². The molecule has 0 aromatic carbocycles. The lowest BCUT2D eigenvalue weighted by Crippen LogP contribution is -2.28. The van der Waals surface area contributed by atoms with Crippen molar-refractivity contribution in [2.75, 3.05) is 6.61 Å². The lowest BCUT2D eigenvalue weighted by atomic mass is 10.1. The van der Waals surface area contributed by atoms with Gasteiger partial charge in [0.25, 0.3) is 0 Å². The Labute approximate surface area is 129 Å². The van der Waals surface area contributed by atoms with Gasteiger partial charge in [0.1, 0.15) is 0 Å². The van der Waals surface area contributed by atoms with Crippen LogP contribution in [0, 0.1) is 0 Å². The van der Waals surface area contributed by atoms with E-state index in [0.29, 0.717) is 13.0 Å². The fourth-order valence-electron chi connectivity index (χ4n) is 2.04. The fraction of sp³-hybridized carbons (Fsp3) is 0.800. The Bertz CT molecular complexity index is 284. The molecule has 0 amide bonds. The highest BCUT2D eigenvalue weighted by Crippen LogP contribution is 2.42. The number of ether oxygens (including phenoxy) is 1. The predicted molar refractivity (Wildman–Crippen MR) is 86.6 cm³/mol. The van der Waals surface area contributed by atoms with Crippen molar-refractivity contribution >= 4 is 33.7 Å². The standard InChI is InChI=1S/C15H25BrO2S/c1-2-3-4-5-6-7-8-9-12-18-14(17)15(16)11-10-13-19-15/h10,13H,2-9,11-12H2,1H3. The van der Waals surface area contributed by atoms with Gasteiger partial charge in [-0.15, -0.1) is 11.8 Å². The summed E-state index contributed by atoms with van der Waals surface area (Å²) in [5.74, 6) is -0.134. The predicted octanol–water partition coefficient (Wildman–Crippen LogP) is 5.41. The van der Waals surface area contributed by atoms with E-state index in [2.05, 4.69) is 22.9 Å². The van der Waals surface area contributed by atoms with Crippen LogP contribution < -0.4 is 0 Å². The highest BCUT2D eigenvalue weighted by molar-refractivity contribution is 9.12. The van der Waals surface area contributed by atoms with Gasteiger partial charge in [-0.2, -0.15) is 0 Å². The van der Waals surface area contributed by atoms with Gasteiger partial charge in [-0.05, 0) is 11.8 Å². The highest BCUT2D eigenvalue weighted by atomic mass is 79.9. The molecule has 1 unspecified atom stereocenters. The summed E-state index contributed by atoms with van der Waals surface area (Å²) in [5, 5.41) is 1.95. The van der Waals surface area contributed by atoms with Crippen LogP contribution in [0.3, 0.4) is 0 Å². The van der Waals surface area contributed by atoms with E-state index in [4.69, 9.17) is 4.74 Å². The number of unbranched alkanes of at least 4 members (excludes halogenated alkanes) is 7. The number of hydrogen-bond donors (Lipinski definition) is 0. The molecule has 0 bridgehead atoms. The third-order valence-electron chi connectivity index (χ3n) is 3.27. The zero-order valence-corrected chi connectivity index (χ0v) is 14.2. The fourth-order valence-corrected chi connectivity index (χ4v) is 3.42. The molecule has 2 nitrogen and oxygen atoms in total. The van der Waals surface area contributed by atoms with Crippen LogP contribution in [0.1, 0.15) is 64.7 Å². The summed E-state index contributed by atoms with van der Waals surface area (Å²) in [5.41, 5.74) is 0. The molecule has 1 aliphatic rings. The molecule has 1 atom stereocenters. The molecule has 0 aromatic rings. The number of rotatable bonds is 10. The molecule has 0 N–H and O–H groups in total. The van der Waals surface area contributed by atoms with Gasteiger partial charge in [-0.1, -0.05) is 73.9 Å². The summed E-state index contributed by atoms with van der Waals surface area (Å²) in [6.07, 6.45) is 12.8. The van der Waals surface area contributed by atoms with Gasteiger partial charge in [0.15, 0.2) is 3.66 Å². The highest BCUT2D eigenvalue weighted by Gasteiger charge is 2.38. The molecular weight excluding hydrogens is 324 g/mol. The maximum absolute atomic E-state index is 11.8. The second kappa shape index (κ2) is 9.87. The third-order valence-corrected chi connectivity index (χ3v) is 5.51. The van der Waals surface area contributed by atoms with Crippen LogP contribution in [0.5, 0.6) is 0 Å². The summed E-state index contributed by atoms with van der Waals surface area (Å²) in [6, 6.07) is 0. The van der Waals surface area contributed by atoms with Crippen molar-refractivity contribution in [3.63, 3.8) is 0 Å². The minimum atomic E-state index is -0.548. The molecule has 0 fully saturated rings. The molecule has 0 saturated carbocycles. The van der Waals surface area contributed by atoms with E-state index in [1.165, 1.54) is 56.7 Å². The molecular formula is C15H25BrO2S. The van der Waals surface area contributed by atoms with Crippen LogP contribution in [0.4, 0.5) is 0 Å². The normalized spacial score (nSPS) is 21.8. The molecule has 110 valence electrons. The van der Waals surface area contributed by atoms with E-state index in [-0.39, 0.29) is 5.97 Å². The minimum absolute atomic E-state index is 0.134. The molecule has 1 aliphatic heterocycles. The van der Waals surface area contributed by atoms with Crippen LogP contribution in [0.15, 0.2) is 11.5 Å². The number of halogens is 1. The van der Waals surface area contributed by atoms with Gasteiger partial charge in [0, 0.05) is 6.42 Å². The monoisotopic (exact) mass is 348 g/mol. The quantitative estimate of drug-likeness (QED) is 0.300. The van der Waals surface area contributed by atoms with Crippen molar-refractivity contribution < 1.29 is 9.53 Å². The topological polar surface area (TPSA) is 26.3 Å². The van der Waals surface area contributed by atoms with E-state index in [1.54, 1.807) is 0 Å². The first-order chi connectivity index (χ1) is 9.19. The van der Waals surface area contributed by atoms with Crippen LogP contribution in [-0.4, -0.2) is 16.2 Å². The number of carbonyl (C=O) groups excluding carboxylic acids is 1. The number of alkyl halides is 1. The van der Waals surface area contributed by atoms with Crippen molar-refractivity contribution in [3.05, 3.63) is 11.5 Å². The lowest BCUT2D eigenvalue weighted by molar-refractivity contribution is -0.143. The number of hydrogen-bond acceptors (Lipinski definition) is 3. The largest absolute Gasteiger partial charge is 0.464 e. The summed E-state index contributed by atoms with van der Waals surface area (Å²) in [4.78, 5) is 11.8. The van der Waals surface area contributed by atoms with Gasteiger partial charge < -0.3 is 4.74 Å². The van der Waals surface area contributed by atoms with Crippen LogP contribution in [0.25, 0.3) is 0 Å². The summed E-state index contributed by atoms with van der Waals surface area (Å²) >= 11 is 4.95. The third kappa shape index (κ3) is 6.84. The number of esters is 1. The minimum Gasteiger partial charge on any atom is -0.464 e. The van der Waals surface area contributed by atoms with Gasteiger partial charge >= 0.3 is 5.97 Å². The molecule has 1 rings (SSSR count). The molecule has 0 aromatic heterocycles. The molecule has 0 aliphatic carbocycles. The second-order valence-corrected chi connectivity index (χ2v) is 8.12. The van der Waals surface area contributed by atoms with Crippen LogP contribution in [0.2, 0.25) is 0 Å². The Kier molecular flexibility index (Phi) is 8.88. The van der Waals surface area contributed by atoms with Crippen molar-refractivity contribution in [1.29, 1.82) is 0 Å². The Morgan fingerprint density at radius 3 is 2.42 bits per heavy atom. The Morgan fingerprint density at radius 2 is 1.84 bits per heavy atom. The molecule has 0 saturated heterocycles. The number of allylic oxidation sites excluding steroid dienone is 1. The maximum Gasteiger partial charge on any atom is 0.333 e. The summed E-state index contributed by atoms with van der Waals surface area (Å²) in [6.45, 7) is 2.80. The van der Waals surface area contributed by atoms with Crippen LogP contribution in [-0.2, 0) is 9.53 Å². The molecule has 4 heteroatoms. The van der Waals surface area contributed by atoms with Gasteiger partial charge in [-0.3, -0.25) is 0 Å².